The molecule has 3 heteroatoms. The molecule has 1 aliphatic heterocycles. The highest BCUT2D eigenvalue weighted by Crippen LogP contribution is 2.61. The predicted octanol–water partition coefficient (Wildman–Crippen LogP) is 3.47. The number of hydrogen-bond donors (Lipinski definition) is 0. The van der Waals surface area contributed by atoms with Crippen LogP contribution in [0.15, 0.2) is 18.5 Å². The van der Waals surface area contributed by atoms with E-state index in [4.69, 9.17) is 0 Å². The molecule has 3 unspecified atom stereocenters. The minimum absolute atomic E-state index is 0.226. The van der Waals surface area contributed by atoms with Crippen molar-refractivity contribution in [1.29, 1.82) is 0 Å². The summed E-state index contributed by atoms with van der Waals surface area (Å²) >= 11 is 0. The lowest BCUT2D eigenvalue weighted by atomic mass is 9.48. The molecule has 7 atom stereocenters. The van der Waals surface area contributed by atoms with E-state index in [0.29, 0.717) is 23.3 Å². The fourth-order valence-corrected chi connectivity index (χ4v) is 7.89. The summed E-state index contributed by atoms with van der Waals surface area (Å²) in [5.74, 6) is 3.75. The Morgan fingerprint density at radius 1 is 1.08 bits per heavy atom. The van der Waals surface area contributed by atoms with Gasteiger partial charge in [0.2, 0.25) is 5.91 Å². The lowest BCUT2D eigenvalue weighted by Crippen LogP contribution is -2.59. The van der Waals surface area contributed by atoms with Gasteiger partial charge in [-0.15, -0.1) is 0 Å². The van der Waals surface area contributed by atoms with Gasteiger partial charge in [-0.25, -0.2) is 0 Å². The molecule has 0 N–H and O–H groups in total. The number of likely N-dealkylation sites (tertiary alicyclic amines) is 1. The zero-order valence-electron chi connectivity index (χ0n) is 15.2. The second kappa shape index (κ2) is 4.86. The minimum atomic E-state index is 0.226. The van der Waals surface area contributed by atoms with Crippen LogP contribution in [0.2, 0.25) is 0 Å². The fraction of sp³-hybridized carbons (Fsp3) is 0.727. The summed E-state index contributed by atoms with van der Waals surface area (Å²) in [6.45, 7) is 3.54. The largest absolute Gasteiger partial charge is 0.339 e. The highest BCUT2D eigenvalue weighted by Gasteiger charge is 2.57. The molecule has 5 fully saturated rings. The maximum atomic E-state index is 13.4. The van der Waals surface area contributed by atoms with Gasteiger partial charge in [0.05, 0.1) is 0 Å². The first-order chi connectivity index (χ1) is 12.1. The molecule has 25 heavy (non-hydrogen) atoms. The molecular formula is C22H28N2O. The van der Waals surface area contributed by atoms with E-state index < -0.39 is 0 Å². The molecule has 4 saturated carbocycles. The Bertz CT molecular complexity index is 727. The molecule has 4 bridgehead atoms. The van der Waals surface area contributed by atoms with Crippen molar-refractivity contribution in [1.82, 2.24) is 9.88 Å². The molecule has 0 spiro atoms. The third kappa shape index (κ3) is 2.04. The van der Waals surface area contributed by atoms with E-state index in [0.717, 1.165) is 37.1 Å². The summed E-state index contributed by atoms with van der Waals surface area (Å²) in [6.07, 6.45) is 12.9. The van der Waals surface area contributed by atoms with E-state index >= 15 is 0 Å². The Labute approximate surface area is 150 Å². The number of pyridine rings is 1. The average Bonchev–Trinajstić information content (AvgIpc) is 2.87. The van der Waals surface area contributed by atoms with E-state index in [1.807, 2.05) is 12.4 Å². The maximum Gasteiger partial charge on any atom is 0.226 e. The number of hydrogen-bond acceptors (Lipinski definition) is 2. The van der Waals surface area contributed by atoms with Crippen LogP contribution >= 0.6 is 0 Å². The third-order valence-electron chi connectivity index (χ3n) is 8.42. The quantitative estimate of drug-likeness (QED) is 0.787. The van der Waals surface area contributed by atoms with Gasteiger partial charge in [-0.3, -0.25) is 9.78 Å². The summed E-state index contributed by atoms with van der Waals surface area (Å²) in [5, 5.41) is 0. The highest BCUT2D eigenvalue weighted by molar-refractivity contribution is 5.82. The van der Waals surface area contributed by atoms with E-state index in [-0.39, 0.29) is 5.92 Å². The zero-order valence-corrected chi connectivity index (χ0v) is 15.2. The minimum Gasteiger partial charge on any atom is -0.339 e. The number of carbonyl (C=O) groups excluding carboxylic acids is 1. The molecule has 132 valence electrons. The molecule has 0 aromatic carbocycles. The fourth-order valence-electron chi connectivity index (χ4n) is 7.89. The first-order valence-corrected chi connectivity index (χ1v) is 10.3. The van der Waals surface area contributed by atoms with Crippen LogP contribution in [0.4, 0.5) is 0 Å². The van der Waals surface area contributed by atoms with Crippen molar-refractivity contribution in [3.8, 4) is 0 Å². The number of fused-ring (bicyclic) bond motifs is 2. The molecule has 3 nitrogen and oxygen atoms in total. The predicted molar refractivity (Wildman–Crippen MR) is 95.8 cm³/mol. The van der Waals surface area contributed by atoms with E-state index in [2.05, 4.69) is 22.9 Å². The van der Waals surface area contributed by atoms with Gasteiger partial charge in [-0.2, -0.15) is 0 Å². The van der Waals surface area contributed by atoms with E-state index in [9.17, 15) is 4.79 Å². The molecule has 2 heterocycles. The Morgan fingerprint density at radius 2 is 1.88 bits per heavy atom. The lowest BCUT2D eigenvalue weighted by molar-refractivity contribution is -0.147. The molecule has 0 radical (unpaired) electrons. The van der Waals surface area contributed by atoms with Gasteiger partial charge >= 0.3 is 0 Å². The molecule has 1 amide bonds. The van der Waals surface area contributed by atoms with Crippen LogP contribution < -0.4 is 0 Å². The standard InChI is InChI=1S/C22H28N2O/c1-22-8-13-4-15(9-22)20(16(5-13)10-22)24-12-18-6-14-2-3-23-11-17(14)7-19(18)21(24)25/h2-3,11,13,15-16,18-20H,4-10,12H2,1H3/t13?,15-,16+,18-,19-,20?,22?/m0/s1. The van der Waals surface area contributed by atoms with Gasteiger partial charge in [0, 0.05) is 30.9 Å². The monoisotopic (exact) mass is 336 g/mol. The average molecular weight is 336 g/mol. The van der Waals surface area contributed by atoms with Crippen molar-refractivity contribution in [2.45, 2.75) is 57.9 Å². The molecule has 7 rings (SSSR count). The first kappa shape index (κ1) is 14.8. The van der Waals surface area contributed by atoms with Gasteiger partial charge in [0.1, 0.15) is 0 Å². The summed E-state index contributed by atoms with van der Waals surface area (Å²) in [5.41, 5.74) is 3.34. The number of amides is 1. The SMILES string of the molecule is CC12CC3C[C@H](C1)C(N1C[C@@H]4Cc5ccncc5C[C@@H]4C1=O)[C@@H](C3)C2. The maximum absolute atomic E-state index is 13.4. The molecule has 6 aliphatic rings. The second-order valence-electron chi connectivity index (χ2n) is 10.2. The van der Waals surface area contributed by atoms with Crippen molar-refractivity contribution in [2.75, 3.05) is 6.54 Å². The Hall–Kier alpha value is -1.38. The van der Waals surface area contributed by atoms with Crippen LogP contribution in [0.3, 0.4) is 0 Å². The Kier molecular flexibility index (Phi) is 2.87. The van der Waals surface area contributed by atoms with Crippen molar-refractivity contribution in [3.63, 3.8) is 0 Å². The topological polar surface area (TPSA) is 33.2 Å². The molecule has 5 aliphatic carbocycles. The van der Waals surface area contributed by atoms with Crippen molar-refractivity contribution in [3.05, 3.63) is 29.6 Å². The van der Waals surface area contributed by atoms with Crippen LogP contribution in [-0.4, -0.2) is 28.4 Å². The van der Waals surface area contributed by atoms with Gasteiger partial charge in [-0.05, 0) is 91.2 Å². The van der Waals surface area contributed by atoms with Crippen molar-refractivity contribution in [2.24, 2.45) is 35.0 Å². The third-order valence-corrected chi connectivity index (χ3v) is 8.42. The van der Waals surface area contributed by atoms with Crippen LogP contribution in [-0.2, 0) is 17.6 Å². The van der Waals surface area contributed by atoms with Gasteiger partial charge < -0.3 is 4.90 Å². The Morgan fingerprint density at radius 3 is 2.64 bits per heavy atom. The van der Waals surface area contributed by atoms with Crippen LogP contribution in [0, 0.1) is 35.0 Å². The zero-order chi connectivity index (χ0) is 16.8. The number of nitrogens with zero attached hydrogens (tertiary/aromatic N) is 2. The van der Waals surface area contributed by atoms with Crippen LogP contribution in [0.25, 0.3) is 0 Å². The lowest BCUT2D eigenvalue weighted by Gasteiger charge is -2.61. The van der Waals surface area contributed by atoms with Gasteiger partial charge in [0.15, 0.2) is 0 Å². The second-order valence-corrected chi connectivity index (χ2v) is 10.2. The Balaban J connectivity index is 1.29. The molecular weight excluding hydrogens is 308 g/mol. The van der Waals surface area contributed by atoms with Gasteiger partial charge in [-0.1, -0.05) is 6.92 Å². The summed E-state index contributed by atoms with van der Waals surface area (Å²) in [7, 11) is 0. The van der Waals surface area contributed by atoms with Crippen LogP contribution in [0.1, 0.15) is 50.2 Å². The number of aromatic nitrogens is 1. The van der Waals surface area contributed by atoms with Gasteiger partial charge in [0.25, 0.3) is 0 Å². The van der Waals surface area contributed by atoms with Crippen molar-refractivity contribution < 1.29 is 4.79 Å². The summed E-state index contributed by atoms with van der Waals surface area (Å²) < 4.78 is 0. The normalized spacial score (nSPS) is 47.1. The molecule has 1 aromatic heterocycles. The smallest absolute Gasteiger partial charge is 0.226 e. The number of carbonyl (C=O) groups is 1. The molecule has 1 saturated heterocycles. The highest BCUT2D eigenvalue weighted by atomic mass is 16.2. The first-order valence-electron chi connectivity index (χ1n) is 10.3. The summed E-state index contributed by atoms with van der Waals surface area (Å²) in [4.78, 5) is 20.0. The summed E-state index contributed by atoms with van der Waals surface area (Å²) in [6, 6.07) is 2.73. The molecule has 1 aromatic rings. The van der Waals surface area contributed by atoms with E-state index in [1.165, 1.54) is 43.2 Å². The van der Waals surface area contributed by atoms with Crippen molar-refractivity contribution >= 4 is 5.91 Å². The van der Waals surface area contributed by atoms with E-state index in [1.54, 1.807) is 0 Å². The van der Waals surface area contributed by atoms with Crippen LogP contribution in [0.5, 0.6) is 0 Å². The number of rotatable bonds is 1.